The van der Waals surface area contributed by atoms with Gasteiger partial charge in [-0.25, -0.2) is 0 Å². The Hall–Kier alpha value is -1.26. The van der Waals surface area contributed by atoms with E-state index in [0.717, 1.165) is 6.42 Å². The molecule has 0 fully saturated rings. The summed E-state index contributed by atoms with van der Waals surface area (Å²) in [6.45, 7) is 8.22. The molecule has 1 aromatic rings. The Morgan fingerprint density at radius 1 is 1.38 bits per heavy atom. The number of halogens is 1. The van der Waals surface area contributed by atoms with Crippen LogP contribution in [0.2, 0.25) is 5.02 Å². The van der Waals surface area contributed by atoms with Crippen LogP contribution in [-0.2, 0) is 4.79 Å². The van der Waals surface area contributed by atoms with Crippen molar-refractivity contribution in [2.24, 2.45) is 11.1 Å². The second-order valence-electron chi connectivity index (χ2n) is 6.17. The van der Waals surface area contributed by atoms with Crippen LogP contribution in [0.5, 0.6) is 5.75 Å². The normalized spacial score (nSPS) is 14.4. The van der Waals surface area contributed by atoms with Crippen LogP contribution in [0.3, 0.4) is 0 Å². The van der Waals surface area contributed by atoms with Gasteiger partial charge in [-0.05, 0) is 24.0 Å². The van der Waals surface area contributed by atoms with Crippen LogP contribution < -0.4 is 15.8 Å². The van der Waals surface area contributed by atoms with Crippen LogP contribution in [0.15, 0.2) is 24.3 Å². The van der Waals surface area contributed by atoms with E-state index in [1.807, 2.05) is 45.9 Å². The first kappa shape index (κ1) is 17.8. The topological polar surface area (TPSA) is 64.4 Å². The summed E-state index contributed by atoms with van der Waals surface area (Å²) in [5, 5.41) is 3.41. The largest absolute Gasteiger partial charge is 0.487 e. The Bertz CT molecular complexity index is 472. The maximum Gasteiger partial charge on any atom is 0.237 e. The van der Waals surface area contributed by atoms with Gasteiger partial charge in [0.1, 0.15) is 11.9 Å². The highest BCUT2D eigenvalue weighted by Gasteiger charge is 2.27. The number of carbonyl (C=O) groups excluding carboxylic acids is 1. The fourth-order valence-electron chi connectivity index (χ4n) is 1.71. The minimum atomic E-state index is -0.546. The average molecular weight is 313 g/mol. The molecule has 0 bridgehead atoms. The number of nitrogens with one attached hydrogen (secondary N) is 1. The maximum absolute atomic E-state index is 12.0. The van der Waals surface area contributed by atoms with Crippen molar-refractivity contribution in [3.05, 3.63) is 29.3 Å². The monoisotopic (exact) mass is 312 g/mol. The zero-order valence-electron chi connectivity index (χ0n) is 13.2. The van der Waals surface area contributed by atoms with E-state index in [4.69, 9.17) is 22.1 Å². The van der Waals surface area contributed by atoms with E-state index in [2.05, 4.69) is 5.32 Å². The quantitative estimate of drug-likeness (QED) is 0.848. The van der Waals surface area contributed by atoms with E-state index < -0.39 is 6.04 Å². The highest BCUT2D eigenvalue weighted by atomic mass is 35.5. The molecule has 1 unspecified atom stereocenters. The SMILES string of the molecule is CCC(CNC(=O)[C@@H](N)C(C)(C)C)Oc1ccccc1Cl. The van der Waals surface area contributed by atoms with Gasteiger partial charge in [0.2, 0.25) is 5.91 Å². The summed E-state index contributed by atoms with van der Waals surface area (Å²) in [4.78, 5) is 12.0. The number of benzene rings is 1. The summed E-state index contributed by atoms with van der Waals surface area (Å²) in [7, 11) is 0. The fraction of sp³-hybridized carbons (Fsp3) is 0.562. The van der Waals surface area contributed by atoms with Crippen LogP contribution >= 0.6 is 11.6 Å². The Kier molecular flexibility index (Phi) is 6.49. The van der Waals surface area contributed by atoms with Crippen LogP contribution in [0, 0.1) is 5.41 Å². The molecule has 0 aromatic heterocycles. The van der Waals surface area contributed by atoms with Crippen LogP contribution in [0.4, 0.5) is 0 Å². The molecule has 0 radical (unpaired) electrons. The standard InChI is InChI=1S/C16H25ClN2O2/c1-5-11(21-13-9-7-6-8-12(13)17)10-19-15(20)14(18)16(2,3)4/h6-9,11,14H,5,10,18H2,1-4H3,(H,19,20)/t11?,14-/m1/s1. The zero-order chi connectivity index (χ0) is 16.0. The van der Waals surface area contributed by atoms with Crippen LogP contribution in [0.25, 0.3) is 0 Å². The van der Waals surface area contributed by atoms with Crippen LogP contribution in [-0.4, -0.2) is 24.6 Å². The Balaban J connectivity index is 2.56. The molecule has 1 aromatic carbocycles. The lowest BCUT2D eigenvalue weighted by molar-refractivity contribution is -0.124. The van der Waals surface area contributed by atoms with Crippen molar-refractivity contribution in [2.45, 2.75) is 46.3 Å². The van der Waals surface area contributed by atoms with Gasteiger partial charge in [-0.2, -0.15) is 0 Å². The molecule has 0 spiro atoms. The van der Waals surface area contributed by atoms with E-state index in [1.165, 1.54) is 0 Å². The number of carbonyl (C=O) groups is 1. The van der Waals surface area contributed by atoms with Crippen molar-refractivity contribution in [3.8, 4) is 5.75 Å². The lowest BCUT2D eigenvalue weighted by atomic mass is 9.87. The summed E-state index contributed by atoms with van der Waals surface area (Å²) in [6.07, 6.45) is 0.622. The molecule has 4 nitrogen and oxygen atoms in total. The van der Waals surface area contributed by atoms with Gasteiger partial charge in [0, 0.05) is 0 Å². The van der Waals surface area contributed by atoms with E-state index in [9.17, 15) is 4.79 Å². The third kappa shape index (κ3) is 5.56. The molecule has 2 atom stereocenters. The number of para-hydroxylation sites is 1. The lowest BCUT2D eigenvalue weighted by Crippen LogP contribution is -2.50. The Labute approximate surface area is 132 Å². The number of ether oxygens (including phenoxy) is 1. The molecule has 3 N–H and O–H groups in total. The predicted octanol–water partition coefficient (Wildman–Crippen LogP) is 2.99. The van der Waals surface area contributed by atoms with E-state index in [0.29, 0.717) is 17.3 Å². The Morgan fingerprint density at radius 2 is 2.00 bits per heavy atom. The van der Waals surface area contributed by atoms with Crippen molar-refractivity contribution in [3.63, 3.8) is 0 Å². The predicted molar refractivity (Wildman–Crippen MR) is 86.6 cm³/mol. The van der Waals surface area contributed by atoms with E-state index in [1.54, 1.807) is 6.07 Å². The van der Waals surface area contributed by atoms with Gasteiger partial charge in [0.15, 0.2) is 0 Å². The highest BCUT2D eigenvalue weighted by molar-refractivity contribution is 6.32. The molecule has 0 heterocycles. The number of amides is 1. The van der Waals surface area contributed by atoms with Gasteiger partial charge in [-0.3, -0.25) is 4.79 Å². The van der Waals surface area contributed by atoms with E-state index >= 15 is 0 Å². The Morgan fingerprint density at radius 3 is 2.52 bits per heavy atom. The summed E-state index contributed by atoms with van der Waals surface area (Å²) in [6, 6.07) is 6.75. The van der Waals surface area contributed by atoms with Crippen molar-refractivity contribution < 1.29 is 9.53 Å². The molecule has 0 saturated carbocycles. The van der Waals surface area contributed by atoms with Gasteiger partial charge in [0.05, 0.1) is 17.6 Å². The molecule has 0 aliphatic rings. The highest BCUT2D eigenvalue weighted by Crippen LogP contribution is 2.24. The molecule has 0 aliphatic heterocycles. The molecule has 5 heteroatoms. The minimum absolute atomic E-state index is 0.138. The molecular formula is C16H25ClN2O2. The number of hydrogen-bond donors (Lipinski definition) is 2. The lowest BCUT2D eigenvalue weighted by Gasteiger charge is -2.27. The molecule has 21 heavy (non-hydrogen) atoms. The van der Waals surface area contributed by atoms with Crippen molar-refractivity contribution >= 4 is 17.5 Å². The zero-order valence-corrected chi connectivity index (χ0v) is 13.9. The third-order valence-electron chi connectivity index (χ3n) is 3.31. The van der Waals surface area contributed by atoms with Gasteiger partial charge in [-0.15, -0.1) is 0 Å². The summed E-state index contributed by atoms with van der Waals surface area (Å²) >= 11 is 6.07. The fourth-order valence-corrected chi connectivity index (χ4v) is 1.89. The first-order chi connectivity index (χ1) is 9.75. The summed E-state index contributed by atoms with van der Waals surface area (Å²) in [5.41, 5.74) is 5.66. The van der Waals surface area contributed by atoms with Gasteiger partial charge >= 0.3 is 0 Å². The van der Waals surface area contributed by atoms with Gasteiger partial charge in [0.25, 0.3) is 0 Å². The summed E-state index contributed by atoms with van der Waals surface area (Å²) in [5.74, 6) is 0.462. The van der Waals surface area contributed by atoms with Crippen molar-refractivity contribution in [2.75, 3.05) is 6.54 Å². The first-order valence-corrected chi connectivity index (χ1v) is 7.58. The number of hydrogen-bond acceptors (Lipinski definition) is 3. The van der Waals surface area contributed by atoms with Crippen molar-refractivity contribution in [1.29, 1.82) is 0 Å². The van der Waals surface area contributed by atoms with Crippen molar-refractivity contribution in [1.82, 2.24) is 5.32 Å². The second-order valence-corrected chi connectivity index (χ2v) is 6.57. The molecule has 0 aliphatic carbocycles. The van der Waals surface area contributed by atoms with E-state index in [-0.39, 0.29) is 17.4 Å². The van der Waals surface area contributed by atoms with Gasteiger partial charge < -0.3 is 15.8 Å². The minimum Gasteiger partial charge on any atom is -0.487 e. The molecule has 1 amide bonds. The molecule has 118 valence electrons. The molecular weight excluding hydrogens is 288 g/mol. The number of rotatable bonds is 6. The van der Waals surface area contributed by atoms with Crippen LogP contribution in [0.1, 0.15) is 34.1 Å². The summed E-state index contributed by atoms with van der Waals surface area (Å²) < 4.78 is 5.82. The number of nitrogens with two attached hydrogens (primary N) is 1. The van der Waals surface area contributed by atoms with Gasteiger partial charge in [-0.1, -0.05) is 51.4 Å². The first-order valence-electron chi connectivity index (χ1n) is 7.20. The third-order valence-corrected chi connectivity index (χ3v) is 3.62. The smallest absolute Gasteiger partial charge is 0.237 e. The molecule has 0 saturated heterocycles. The second kappa shape index (κ2) is 7.66. The maximum atomic E-state index is 12.0. The molecule has 1 rings (SSSR count). The average Bonchev–Trinajstić information content (AvgIpc) is 2.43.